The second-order valence-corrected chi connectivity index (χ2v) is 7.11. The molecular formula is C19H26N4O2. The highest BCUT2D eigenvalue weighted by Crippen LogP contribution is 2.33. The first kappa shape index (κ1) is 16.4. The number of fused-ring (bicyclic) bond motifs is 1. The first-order valence-corrected chi connectivity index (χ1v) is 9.18. The van der Waals surface area contributed by atoms with Crippen LogP contribution in [0.3, 0.4) is 0 Å². The molecule has 0 bridgehead atoms. The van der Waals surface area contributed by atoms with Crippen LogP contribution in [0.4, 0.5) is 0 Å². The van der Waals surface area contributed by atoms with Crippen LogP contribution in [0.25, 0.3) is 0 Å². The van der Waals surface area contributed by atoms with E-state index in [2.05, 4.69) is 31.8 Å². The molecule has 134 valence electrons. The average molecular weight is 342 g/mol. The summed E-state index contributed by atoms with van der Waals surface area (Å²) in [4.78, 5) is 2.56. The molecule has 25 heavy (non-hydrogen) atoms. The summed E-state index contributed by atoms with van der Waals surface area (Å²) < 4.78 is 13.1. The highest BCUT2D eigenvalue weighted by Gasteiger charge is 2.24. The molecule has 2 aliphatic rings. The van der Waals surface area contributed by atoms with Crippen LogP contribution in [0, 0.1) is 6.92 Å². The van der Waals surface area contributed by atoms with E-state index in [4.69, 9.17) is 9.47 Å². The van der Waals surface area contributed by atoms with Gasteiger partial charge in [0.05, 0.1) is 6.54 Å². The third-order valence-electron chi connectivity index (χ3n) is 5.44. The van der Waals surface area contributed by atoms with Crippen molar-refractivity contribution in [1.29, 1.82) is 0 Å². The Labute approximate surface area is 148 Å². The largest absolute Gasteiger partial charge is 0.454 e. The van der Waals surface area contributed by atoms with E-state index in [0.29, 0.717) is 12.8 Å². The lowest BCUT2D eigenvalue weighted by Crippen LogP contribution is -2.36. The molecule has 1 aromatic heterocycles. The monoisotopic (exact) mass is 342 g/mol. The van der Waals surface area contributed by atoms with Gasteiger partial charge in [0.15, 0.2) is 11.5 Å². The molecule has 0 atom stereocenters. The number of aryl methyl sites for hydroxylation is 1. The van der Waals surface area contributed by atoms with Crippen molar-refractivity contribution in [1.82, 2.24) is 19.7 Å². The summed E-state index contributed by atoms with van der Waals surface area (Å²) in [5.74, 6) is 3.69. The number of rotatable bonds is 5. The maximum absolute atomic E-state index is 5.54. The number of benzene rings is 1. The van der Waals surface area contributed by atoms with E-state index in [1.54, 1.807) is 0 Å². The fourth-order valence-electron chi connectivity index (χ4n) is 3.80. The second-order valence-electron chi connectivity index (χ2n) is 7.11. The molecule has 1 aliphatic heterocycles. The zero-order chi connectivity index (χ0) is 17.2. The summed E-state index contributed by atoms with van der Waals surface area (Å²) in [6.45, 7) is 4.05. The number of hydrogen-bond acceptors (Lipinski definition) is 5. The van der Waals surface area contributed by atoms with Crippen LogP contribution in [-0.2, 0) is 20.1 Å². The number of hydrogen-bond donors (Lipinski definition) is 0. The summed E-state index contributed by atoms with van der Waals surface area (Å²) in [6, 6.07) is 6.88. The van der Waals surface area contributed by atoms with Gasteiger partial charge in [-0.15, -0.1) is 10.2 Å². The standard InChI is InChI=1S/C19H26N4O2/c1-14-20-21-19(22(14)2)12-23(16-6-4-3-5-7-16)11-15-8-9-17-18(10-15)25-13-24-17/h8-10,16H,3-7,11-13H2,1-2H3. The van der Waals surface area contributed by atoms with Crippen LogP contribution in [0.2, 0.25) is 0 Å². The van der Waals surface area contributed by atoms with E-state index in [-0.39, 0.29) is 0 Å². The van der Waals surface area contributed by atoms with Crippen LogP contribution in [0.1, 0.15) is 49.3 Å². The van der Waals surface area contributed by atoms with Crippen molar-refractivity contribution < 1.29 is 9.47 Å². The lowest BCUT2D eigenvalue weighted by Gasteiger charge is -2.34. The van der Waals surface area contributed by atoms with E-state index in [0.717, 1.165) is 36.2 Å². The number of nitrogens with zero attached hydrogens (tertiary/aromatic N) is 4. The molecule has 6 nitrogen and oxygen atoms in total. The smallest absolute Gasteiger partial charge is 0.231 e. The lowest BCUT2D eigenvalue weighted by atomic mass is 9.93. The summed E-state index contributed by atoms with van der Waals surface area (Å²) in [5.41, 5.74) is 1.26. The van der Waals surface area contributed by atoms with Gasteiger partial charge in [-0.3, -0.25) is 4.90 Å². The summed E-state index contributed by atoms with van der Waals surface area (Å²) in [7, 11) is 2.05. The third kappa shape index (κ3) is 3.49. The first-order valence-electron chi connectivity index (χ1n) is 9.18. The van der Waals surface area contributed by atoms with E-state index in [9.17, 15) is 0 Å². The minimum atomic E-state index is 0.323. The Bertz CT molecular complexity index is 737. The molecule has 6 heteroatoms. The van der Waals surface area contributed by atoms with Gasteiger partial charge < -0.3 is 14.0 Å². The Morgan fingerprint density at radius 3 is 2.64 bits per heavy atom. The highest BCUT2D eigenvalue weighted by molar-refractivity contribution is 5.44. The maximum atomic E-state index is 5.54. The molecule has 0 N–H and O–H groups in total. The second kappa shape index (κ2) is 7.04. The van der Waals surface area contributed by atoms with Gasteiger partial charge >= 0.3 is 0 Å². The van der Waals surface area contributed by atoms with Gasteiger partial charge in [-0.1, -0.05) is 25.3 Å². The molecule has 1 saturated carbocycles. The van der Waals surface area contributed by atoms with E-state index in [1.807, 2.05) is 20.0 Å². The lowest BCUT2D eigenvalue weighted by molar-refractivity contribution is 0.135. The van der Waals surface area contributed by atoms with E-state index < -0.39 is 0 Å². The minimum absolute atomic E-state index is 0.323. The Morgan fingerprint density at radius 2 is 1.88 bits per heavy atom. The van der Waals surface area contributed by atoms with Gasteiger partial charge in [0.25, 0.3) is 0 Å². The SMILES string of the molecule is Cc1nnc(CN(Cc2ccc3c(c2)OCO3)C2CCCCC2)n1C. The quantitative estimate of drug-likeness (QED) is 0.835. The van der Waals surface area contributed by atoms with Gasteiger partial charge in [-0.05, 0) is 37.5 Å². The highest BCUT2D eigenvalue weighted by atomic mass is 16.7. The zero-order valence-corrected chi connectivity index (χ0v) is 15.1. The van der Waals surface area contributed by atoms with Crippen molar-refractivity contribution in [2.75, 3.05) is 6.79 Å². The molecule has 0 spiro atoms. The van der Waals surface area contributed by atoms with Crippen molar-refractivity contribution >= 4 is 0 Å². The predicted molar refractivity (Wildman–Crippen MR) is 94.4 cm³/mol. The van der Waals surface area contributed by atoms with Crippen molar-refractivity contribution in [2.24, 2.45) is 7.05 Å². The predicted octanol–water partition coefficient (Wildman–Crippen LogP) is 3.19. The number of ether oxygens (including phenoxy) is 2. The van der Waals surface area contributed by atoms with Crippen LogP contribution >= 0.6 is 0 Å². The van der Waals surface area contributed by atoms with Crippen LogP contribution in [-0.4, -0.2) is 32.5 Å². The fourth-order valence-corrected chi connectivity index (χ4v) is 3.80. The summed E-state index contributed by atoms with van der Waals surface area (Å²) >= 11 is 0. The van der Waals surface area contributed by atoms with Crippen LogP contribution in [0.15, 0.2) is 18.2 Å². The molecule has 1 aromatic carbocycles. The molecule has 1 aliphatic carbocycles. The molecule has 0 unspecified atom stereocenters. The van der Waals surface area contributed by atoms with Gasteiger partial charge in [0.2, 0.25) is 6.79 Å². The van der Waals surface area contributed by atoms with Gasteiger partial charge in [-0.25, -0.2) is 0 Å². The summed E-state index contributed by atoms with van der Waals surface area (Å²) in [5, 5.41) is 8.59. The van der Waals surface area contributed by atoms with Crippen molar-refractivity contribution in [3.05, 3.63) is 35.4 Å². The van der Waals surface area contributed by atoms with Crippen molar-refractivity contribution in [3.63, 3.8) is 0 Å². The first-order chi connectivity index (χ1) is 12.2. The van der Waals surface area contributed by atoms with Crippen LogP contribution < -0.4 is 9.47 Å². The topological polar surface area (TPSA) is 52.4 Å². The fraction of sp³-hybridized carbons (Fsp3) is 0.579. The molecule has 0 radical (unpaired) electrons. The molecule has 4 rings (SSSR count). The van der Waals surface area contributed by atoms with Crippen molar-refractivity contribution in [3.8, 4) is 11.5 Å². The van der Waals surface area contributed by atoms with E-state index in [1.165, 1.54) is 37.7 Å². The molecule has 2 aromatic rings. The Balaban J connectivity index is 1.55. The third-order valence-corrected chi connectivity index (χ3v) is 5.44. The Morgan fingerprint density at radius 1 is 1.08 bits per heavy atom. The molecule has 0 saturated heterocycles. The molecule has 0 amide bonds. The van der Waals surface area contributed by atoms with Crippen LogP contribution in [0.5, 0.6) is 11.5 Å². The van der Waals surface area contributed by atoms with Gasteiger partial charge in [-0.2, -0.15) is 0 Å². The summed E-state index contributed by atoms with van der Waals surface area (Å²) in [6.07, 6.45) is 6.53. The average Bonchev–Trinajstić information content (AvgIpc) is 3.23. The normalized spacial score (nSPS) is 17.4. The molecule has 2 heterocycles. The van der Waals surface area contributed by atoms with Gasteiger partial charge in [0.1, 0.15) is 11.6 Å². The number of aromatic nitrogens is 3. The Kier molecular flexibility index (Phi) is 4.61. The molecular weight excluding hydrogens is 316 g/mol. The zero-order valence-electron chi connectivity index (χ0n) is 15.1. The maximum Gasteiger partial charge on any atom is 0.231 e. The Hall–Kier alpha value is -2.08. The molecule has 1 fully saturated rings. The van der Waals surface area contributed by atoms with Gasteiger partial charge in [0, 0.05) is 19.6 Å². The van der Waals surface area contributed by atoms with E-state index >= 15 is 0 Å². The van der Waals surface area contributed by atoms with Crippen molar-refractivity contribution in [2.45, 2.75) is 58.2 Å². The minimum Gasteiger partial charge on any atom is -0.454 e.